The summed E-state index contributed by atoms with van der Waals surface area (Å²) >= 11 is 0. The highest BCUT2D eigenvalue weighted by atomic mass is 16.1. The number of rotatable bonds is 3. The van der Waals surface area contributed by atoms with E-state index in [9.17, 15) is 4.79 Å². The number of hydrogen-bond acceptors (Lipinski definition) is 2. The molecule has 3 rings (SSSR count). The fourth-order valence-corrected chi connectivity index (χ4v) is 2.82. The van der Waals surface area contributed by atoms with Crippen LogP contribution in [0.3, 0.4) is 0 Å². The van der Waals surface area contributed by atoms with Gasteiger partial charge < -0.3 is 15.6 Å². The van der Waals surface area contributed by atoms with Gasteiger partial charge in [0, 0.05) is 28.3 Å². The monoisotopic (exact) mass is 243 g/mol. The molecule has 0 unspecified atom stereocenters. The molecule has 0 radical (unpaired) electrons. The Labute approximate surface area is 106 Å². The zero-order valence-electron chi connectivity index (χ0n) is 10.4. The van der Waals surface area contributed by atoms with Crippen LogP contribution in [0.1, 0.15) is 17.7 Å². The van der Waals surface area contributed by atoms with Crippen molar-refractivity contribution in [3.05, 3.63) is 29.5 Å². The van der Waals surface area contributed by atoms with Crippen molar-refractivity contribution in [2.45, 2.75) is 25.3 Å². The van der Waals surface area contributed by atoms with Gasteiger partial charge in [-0.05, 0) is 50.1 Å². The van der Waals surface area contributed by atoms with E-state index in [0.717, 1.165) is 30.5 Å². The van der Waals surface area contributed by atoms with Crippen molar-refractivity contribution in [3.63, 3.8) is 0 Å². The van der Waals surface area contributed by atoms with Gasteiger partial charge in [-0.2, -0.15) is 0 Å². The summed E-state index contributed by atoms with van der Waals surface area (Å²) in [6, 6.07) is 6.57. The highest BCUT2D eigenvalue weighted by molar-refractivity contribution is 5.89. The van der Waals surface area contributed by atoms with Crippen molar-refractivity contribution in [1.29, 1.82) is 0 Å². The third-order valence-corrected chi connectivity index (χ3v) is 3.82. The van der Waals surface area contributed by atoms with Gasteiger partial charge in [0.2, 0.25) is 6.41 Å². The van der Waals surface area contributed by atoms with Crippen LogP contribution in [0, 0.1) is 0 Å². The molecule has 4 heteroatoms. The summed E-state index contributed by atoms with van der Waals surface area (Å²) in [5, 5.41) is 7.30. The summed E-state index contributed by atoms with van der Waals surface area (Å²) in [6.07, 6.45) is 4.04. The Hall–Kier alpha value is -1.81. The number of benzene rings is 1. The molecule has 0 bridgehead atoms. The van der Waals surface area contributed by atoms with E-state index in [1.54, 1.807) is 0 Å². The van der Waals surface area contributed by atoms with E-state index in [-0.39, 0.29) is 0 Å². The molecule has 0 spiro atoms. The predicted molar refractivity (Wildman–Crippen MR) is 72.9 cm³/mol. The molecule has 94 valence electrons. The van der Waals surface area contributed by atoms with Gasteiger partial charge >= 0.3 is 0 Å². The average molecular weight is 243 g/mol. The van der Waals surface area contributed by atoms with Gasteiger partial charge in [-0.25, -0.2) is 0 Å². The third kappa shape index (κ3) is 1.78. The lowest BCUT2D eigenvalue weighted by Crippen LogP contribution is -2.31. The van der Waals surface area contributed by atoms with Crippen LogP contribution in [-0.4, -0.2) is 24.5 Å². The Morgan fingerprint density at radius 3 is 3.11 bits per heavy atom. The van der Waals surface area contributed by atoms with Crippen molar-refractivity contribution in [3.8, 4) is 0 Å². The molecule has 18 heavy (non-hydrogen) atoms. The zero-order valence-corrected chi connectivity index (χ0v) is 10.4. The molecule has 1 amide bonds. The normalized spacial score (nSPS) is 18.6. The van der Waals surface area contributed by atoms with E-state index in [1.807, 2.05) is 19.2 Å². The second-order valence-electron chi connectivity index (χ2n) is 4.83. The maximum atomic E-state index is 10.5. The number of H-pyrrole nitrogens is 1. The second kappa shape index (κ2) is 4.46. The topological polar surface area (TPSA) is 56.9 Å². The van der Waals surface area contributed by atoms with Crippen LogP contribution in [0.15, 0.2) is 18.2 Å². The SMILES string of the molecule is CN[C@@H]1CCc2[nH]c3ccc(NC=O)cc3c2C1. The number of aromatic amines is 1. The average Bonchev–Trinajstić information content (AvgIpc) is 2.76. The first-order valence-electron chi connectivity index (χ1n) is 6.32. The molecular weight excluding hydrogens is 226 g/mol. The van der Waals surface area contributed by atoms with Gasteiger partial charge in [-0.3, -0.25) is 4.79 Å². The largest absolute Gasteiger partial charge is 0.358 e. The summed E-state index contributed by atoms with van der Waals surface area (Å²) in [5.41, 5.74) is 4.75. The maximum Gasteiger partial charge on any atom is 0.211 e. The number of amides is 1. The van der Waals surface area contributed by atoms with Crippen molar-refractivity contribution in [2.24, 2.45) is 0 Å². The van der Waals surface area contributed by atoms with Crippen LogP contribution in [-0.2, 0) is 17.6 Å². The van der Waals surface area contributed by atoms with Crippen molar-refractivity contribution in [1.82, 2.24) is 10.3 Å². The van der Waals surface area contributed by atoms with E-state index < -0.39 is 0 Å². The van der Waals surface area contributed by atoms with E-state index >= 15 is 0 Å². The predicted octanol–water partition coefficient (Wildman–Crippen LogP) is 1.81. The van der Waals surface area contributed by atoms with Gasteiger partial charge in [0.1, 0.15) is 0 Å². The molecule has 1 aliphatic carbocycles. The quantitative estimate of drug-likeness (QED) is 0.720. The van der Waals surface area contributed by atoms with Gasteiger partial charge in [0.15, 0.2) is 0 Å². The van der Waals surface area contributed by atoms with Crippen molar-refractivity contribution in [2.75, 3.05) is 12.4 Å². The molecule has 0 aliphatic heterocycles. The number of likely N-dealkylation sites (N-methyl/N-ethyl adjacent to an activating group) is 1. The van der Waals surface area contributed by atoms with Crippen LogP contribution in [0.4, 0.5) is 5.69 Å². The molecule has 1 aromatic carbocycles. The van der Waals surface area contributed by atoms with E-state index in [1.165, 1.54) is 23.1 Å². The lowest BCUT2D eigenvalue weighted by Gasteiger charge is -2.21. The molecule has 1 heterocycles. The van der Waals surface area contributed by atoms with Gasteiger partial charge in [0.05, 0.1) is 0 Å². The molecule has 1 atom stereocenters. The fourth-order valence-electron chi connectivity index (χ4n) is 2.82. The zero-order chi connectivity index (χ0) is 12.5. The number of fused-ring (bicyclic) bond motifs is 3. The van der Waals surface area contributed by atoms with E-state index in [2.05, 4.69) is 21.7 Å². The Morgan fingerprint density at radius 2 is 2.33 bits per heavy atom. The Kier molecular flexibility index (Phi) is 2.80. The first kappa shape index (κ1) is 11.3. The van der Waals surface area contributed by atoms with E-state index in [0.29, 0.717) is 6.04 Å². The van der Waals surface area contributed by atoms with Gasteiger partial charge in [0.25, 0.3) is 0 Å². The standard InChI is InChI=1S/C14H17N3O/c1-15-9-2-4-13-11(6-9)12-7-10(16-8-18)3-5-14(12)17-13/h3,5,7-9,15,17H,2,4,6H2,1H3,(H,16,18)/t9-/m1/s1. The first-order chi connectivity index (χ1) is 8.81. The van der Waals surface area contributed by atoms with Crippen LogP contribution >= 0.6 is 0 Å². The number of carbonyl (C=O) groups is 1. The number of carbonyl (C=O) groups excluding carboxylic acids is 1. The lowest BCUT2D eigenvalue weighted by molar-refractivity contribution is -0.105. The third-order valence-electron chi connectivity index (χ3n) is 3.82. The molecule has 0 fully saturated rings. The molecule has 3 N–H and O–H groups in total. The summed E-state index contributed by atoms with van der Waals surface area (Å²) in [6.45, 7) is 0. The number of anilines is 1. The Morgan fingerprint density at radius 1 is 1.44 bits per heavy atom. The first-order valence-corrected chi connectivity index (χ1v) is 6.32. The van der Waals surface area contributed by atoms with E-state index in [4.69, 9.17) is 0 Å². The number of nitrogens with one attached hydrogen (secondary N) is 3. The van der Waals surface area contributed by atoms with Crippen molar-refractivity contribution < 1.29 is 4.79 Å². The molecule has 2 aromatic rings. The second-order valence-corrected chi connectivity index (χ2v) is 4.83. The summed E-state index contributed by atoms with van der Waals surface area (Å²) < 4.78 is 0. The van der Waals surface area contributed by atoms with Crippen LogP contribution in [0.25, 0.3) is 10.9 Å². The van der Waals surface area contributed by atoms with Crippen LogP contribution < -0.4 is 10.6 Å². The number of hydrogen-bond donors (Lipinski definition) is 3. The number of aromatic nitrogens is 1. The fraction of sp³-hybridized carbons (Fsp3) is 0.357. The minimum atomic E-state index is 0.555. The number of aryl methyl sites for hydroxylation is 1. The molecule has 1 aliphatic rings. The Balaban J connectivity index is 2.08. The highest BCUT2D eigenvalue weighted by Gasteiger charge is 2.21. The van der Waals surface area contributed by atoms with Crippen LogP contribution in [0.5, 0.6) is 0 Å². The molecular formula is C14H17N3O. The maximum absolute atomic E-state index is 10.5. The summed E-state index contributed by atoms with van der Waals surface area (Å²) in [5.74, 6) is 0. The van der Waals surface area contributed by atoms with Gasteiger partial charge in [-0.15, -0.1) is 0 Å². The molecule has 0 saturated heterocycles. The highest BCUT2D eigenvalue weighted by Crippen LogP contribution is 2.30. The van der Waals surface area contributed by atoms with Crippen LogP contribution in [0.2, 0.25) is 0 Å². The molecule has 4 nitrogen and oxygen atoms in total. The van der Waals surface area contributed by atoms with Crippen molar-refractivity contribution >= 4 is 23.0 Å². The molecule has 0 saturated carbocycles. The minimum Gasteiger partial charge on any atom is -0.358 e. The minimum absolute atomic E-state index is 0.555. The van der Waals surface area contributed by atoms with Gasteiger partial charge in [-0.1, -0.05) is 0 Å². The summed E-state index contributed by atoms with van der Waals surface area (Å²) in [4.78, 5) is 14.0. The molecule has 1 aromatic heterocycles. The smallest absolute Gasteiger partial charge is 0.211 e. The Bertz CT molecular complexity index is 588. The lowest BCUT2D eigenvalue weighted by atomic mass is 9.91. The summed E-state index contributed by atoms with van der Waals surface area (Å²) in [7, 11) is 2.02.